The molecule has 0 atom stereocenters. The van der Waals surface area contributed by atoms with E-state index in [1.165, 1.54) is 7.11 Å². The number of hydrogen-bond donors (Lipinski definition) is 1. The molecule has 12 nitrogen and oxygen atoms in total. The monoisotopic (exact) mass is 974 g/mol. The van der Waals surface area contributed by atoms with Gasteiger partial charge in [-0.2, -0.15) is 0 Å². The second-order valence-corrected chi connectivity index (χ2v) is 17.2. The molecular formula is C57H44Cl2N8O4. The number of aromatic nitrogens is 8. The van der Waals surface area contributed by atoms with E-state index in [1.54, 1.807) is 35.0 Å². The zero-order valence-electron chi connectivity index (χ0n) is 38.2. The quantitative estimate of drug-likeness (QED) is 0.0824. The molecule has 0 aliphatic carbocycles. The summed E-state index contributed by atoms with van der Waals surface area (Å²) in [6, 6.07) is 71.0. The van der Waals surface area contributed by atoms with E-state index in [9.17, 15) is 14.7 Å². The highest BCUT2D eigenvalue weighted by molar-refractivity contribution is 6.31. The first-order valence-corrected chi connectivity index (χ1v) is 23.3. The van der Waals surface area contributed by atoms with Crippen molar-refractivity contribution in [3.63, 3.8) is 0 Å². The number of hydrogen-bond acceptors (Lipinski definition) is 9. The summed E-state index contributed by atoms with van der Waals surface area (Å²) in [6.45, 7) is 0. The second-order valence-electron chi connectivity index (χ2n) is 16.4. The summed E-state index contributed by atoms with van der Waals surface area (Å²) in [4.78, 5) is 23.9. The molecular weight excluding hydrogens is 932 g/mol. The van der Waals surface area contributed by atoms with Crippen LogP contribution in [0.1, 0.15) is 44.5 Å². The van der Waals surface area contributed by atoms with Gasteiger partial charge in [-0.05, 0) is 102 Å². The third kappa shape index (κ3) is 9.46. The van der Waals surface area contributed by atoms with Crippen LogP contribution in [0, 0.1) is 0 Å². The number of aliphatic carboxylic acids is 1. The molecule has 0 amide bonds. The maximum atomic E-state index is 12.2. The number of carbonyl (C=O) groups excluding carboxylic acids is 1. The van der Waals surface area contributed by atoms with E-state index in [4.69, 9.17) is 27.9 Å². The van der Waals surface area contributed by atoms with Gasteiger partial charge in [0.25, 0.3) is 0 Å². The van der Waals surface area contributed by atoms with Crippen LogP contribution in [0.4, 0.5) is 0 Å². The van der Waals surface area contributed by atoms with E-state index in [0.717, 1.165) is 33.4 Å². The van der Waals surface area contributed by atoms with Crippen molar-refractivity contribution in [1.29, 1.82) is 0 Å². The number of benzene rings is 8. The zero-order chi connectivity index (χ0) is 49.2. The smallest absolute Gasteiger partial charge is 0.310 e. The molecule has 0 spiro atoms. The topological polar surface area (TPSA) is 151 Å². The van der Waals surface area contributed by atoms with Gasteiger partial charge >= 0.3 is 11.9 Å². The normalized spacial score (nSPS) is 11.3. The molecule has 0 radical (unpaired) electrons. The minimum Gasteiger partial charge on any atom is -0.481 e. The van der Waals surface area contributed by atoms with Crippen LogP contribution < -0.4 is 0 Å². The predicted octanol–water partition coefficient (Wildman–Crippen LogP) is 11.0. The number of esters is 1. The van der Waals surface area contributed by atoms with E-state index < -0.39 is 17.0 Å². The van der Waals surface area contributed by atoms with Crippen molar-refractivity contribution in [2.45, 2.75) is 23.9 Å². The number of carboxylic acids is 1. The van der Waals surface area contributed by atoms with Crippen LogP contribution in [0.3, 0.4) is 0 Å². The molecule has 10 rings (SSSR count). The van der Waals surface area contributed by atoms with Crippen LogP contribution in [0.15, 0.2) is 218 Å². The van der Waals surface area contributed by atoms with Crippen LogP contribution in [0.5, 0.6) is 0 Å². The van der Waals surface area contributed by atoms with Gasteiger partial charge < -0.3 is 9.84 Å². The number of carboxylic acid groups (broad SMARTS) is 1. The molecule has 350 valence electrons. The molecule has 2 aromatic heterocycles. The maximum absolute atomic E-state index is 12.2. The van der Waals surface area contributed by atoms with Crippen molar-refractivity contribution in [2.24, 2.45) is 0 Å². The fourth-order valence-corrected chi connectivity index (χ4v) is 9.61. The molecule has 2 heterocycles. The summed E-state index contributed by atoms with van der Waals surface area (Å²) in [5, 5.41) is 36.6. The van der Waals surface area contributed by atoms with Gasteiger partial charge in [-0.1, -0.05) is 205 Å². The molecule has 71 heavy (non-hydrogen) atoms. The van der Waals surface area contributed by atoms with Crippen molar-refractivity contribution >= 4 is 35.1 Å². The molecule has 10 aromatic rings. The number of ether oxygens (including phenoxy) is 1. The SMILES string of the molecule is COC(=O)Cc1cc(Cl)ccc1-c1nnnn1C(c1ccccc1)(c1ccccc1)c1ccccc1.O=C(O)Cc1cc(Cl)ccc1-c1nnnn1C(c1ccccc1)(c1ccccc1)c1ccccc1. The third-order valence-corrected chi connectivity index (χ3v) is 12.7. The van der Waals surface area contributed by atoms with Crippen LogP contribution in [-0.4, -0.2) is 64.6 Å². The van der Waals surface area contributed by atoms with Gasteiger partial charge in [0.2, 0.25) is 0 Å². The molecule has 0 saturated heterocycles. The molecule has 0 unspecified atom stereocenters. The second kappa shape index (κ2) is 21.4. The van der Waals surface area contributed by atoms with Crippen molar-refractivity contribution in [3.8, 4) is 22.8 Å². The number of carbonyl (C=O) groups is 2. The van der Waals surface area contributed by atoms with Gasteiger partial charge in [0.15, 0.2) is 11.6 Å². The van der Waals surface area contributed by atoms with Gasteiger partial charge in [0.1, 0.15) is 11.1 Å². The Morgan fingerprint density at radius 3 is 1.04 bits per heavy atom. The predicted molar refractivity (Wildman–Crippen MR) is 273 cm³/mol. The average molecular weight is 976 g/mol. The van der Waals surface area contributed by atoms with Crippen molar-refractivity contribution in [1.82, 2.24) is 40.4 Å². The van der Waals surface area contributed by atoms with Gasteiger partial charge in [0.05, 0.1) is 20.0 Å². The Hall–Kier alpha value is -8.58. The Kier molecular flexibility index (Phi) is 14.3. The first kappa shape index (κ1) is 47.5. The first-order valence-electron chi connectivity index (χ1n) is 22.5. The summed E-state index contributed by atoms with van der Waals surface area (Å²) in [5.41, 5.74) is 6.51. The van der Waals surface area contributed by atoms with E-state index >= 15 is 0 Å². The lowest BCUT2D eigenvalue weighted by molar-refractivity contribution is -0.140. The Morgan fingerprint density at radius 1 is 0.465 bits per heavy atom. The zero-order valence-corrected chi connectivity index (χ0v) is 39.7. The average Bonchev–Trinajstić information content (AvgIpc) is 4.11. The van der Waals surface area contributed by atoms with E-state index in [0.29, 0.717) is 43.9 Å². The van der Waals surface area contributed by atoms with Crippen molar-refractivity contribution in [3.05, 3.63) is 273 Å². The fraction of sp³-hybridized carbons (Fsp3) is 0.0877. The lowest BCUT2D eigenvalue weighted by Gasteiger charge is -2.36. The number of methoxy groups -OCH3 is 1. The Morgan fingerprint density at radius 2 is 0.761 bits per heavy atom. The van der Waals surface area contributed by atoms with Crippen molar-refractivity contribution in [2.75, 3.05) is 7.11 Å². The molecule has 14 heteroatoms. The summed E-state index contributed by atoms with van der Waals surface area (Å²) >= 11 is 12.5. The number of tetrazole rings is 2. The summed E-state index contributed by atoms with van der Waals surface area (Å²) < 4.78 is 8.54. The third-order valence-electron chi connectivity index (χ3n) is 12.2. The van der Waals surface area contributed by atoms with E-state index in [1.807, 2.05) is 156 Å². The molecule has 8 aromatic carbocycles. The van der Waals surface area contributed by atoms with Gasteiger partial charge in [-0.15, -0.1) is 10.2 Å². The van der Waals surface area contributed by atoms with Crippen molar-refractivity contribution < 1.29 is 19.4 Å². The minimum absolute atomic E-state index is 0.0360. The summed E-state index contributed by atoms with van der Waals surface area (Å²) in [6.07, 6.45) is -0.175. The van der Waals surface area contributed by atoms with E-state index in [-0.39, 0.29) is 18.8 Å². The summed E-state index contributed by atoms with van der Waals surface area (Å²) in [7, 11) is 1.36. The van der Waals surface area contributed by atoms with Gasteiger partial charge in [-0.25, -0.2) is 9.36 Å². The van der Waals surface area contributed by atoms with E-state index in [2.05, 4.69) is 67.4 Å². The lowest BCUT2D eigenvalue weighted by atomic mass is 9.77. The maximum Gasteiger partial charge on any atom is 0.310 e. The fourth-order valence-electron chi connectivity index (χ4n) is 9.22. The number of nitrogens with zero attached hydrogens (tertiary/aromatic N) is 8. The highest BCUT2D eigenvalue weighted by atomic mass is 35.5. The van der Waals surface area contributed by atoms with Crippen LogP contribution in [-0.2, 0) is 38.2 Å². The van der Waals surface area contributed by atoms with Crippen LogP contribution in [0.25, 0.3) is 22.8 Å². The highest BCUT2D eigenvalue weighted by Crippen LogP contribution is 2.44. The Labute approximate surface area is 419 Å². The Balaban J connectivity index is 0.000000176. The summed E-state index contributed by atoms with van der Waals surface area (Å²) in [5.74, 6) is -0.400. The molecule has 1 N–H and O–H groups in total. The largest absolute Gasteiger partial charge is 0.481 e. The van der Waals surface area contributed by atoms with Crippen LogP contribution >= 0.6 is 23.2 Å². The van der Waals surface area contributed by atoms with Gasteiger partial charge in [-0.3, -0.25) is 9.59 Å². The molecule has 0 fully saturated rings. The van der Waals surface area contributed by atoms with Gasteiger partial charge in [0, 0.05) is 21.2 Å². The minimum atomic E-state index is -0.965. The number of halogens is 2. The number of rotatable bonds is 14. The molecule has 0 bridgehead atoms. The highest BCUT2D eigenvalue weighted by Gasteiger charge is 2.43. The molecule has 0 aliphatic rings. The Bertz CT molecular complexity index is 3190. The standard InChI is InChI=1S/C29H23ClN4O2.C28H21ClN4O2/c1-36-27(35)20-21-19-25(30)17-18-26(21)28-31-32-33-34(28)29(22-11-5-2-6-12-22,23-13-7-3-8-14-23)24-15-9-4-10-16-24;29-24-16-17-25(20(18-24)19-26(34)35)27-30-31-32-33(27)28(21-10-4-1-5-11-21,22-12-6-2-7-13-22)23-14-8-3-9-15-23/h2-19H,20H2,1H3;1-18H,19H2,(H,34,35). The first-order chi connectivity index (χ1) is 34.7. The van der Waals surface area contributed by atoms with Crippen LogP contribution in [0.2, 0.25) is 10.0 Å². The lowest BCUT2D eigenvalue weighted by Crippen LogP contribution is -2.39. The molecule has 0 saturated carbocycles. The molecule has 0 aliphatic heterocycles.